The van der Waals surface area contributed by atoms with E-state index in [1.165, 1.54) is 11.1 Å². The Kier molecular flexibility index (Phi) is 7.28. The molecule has 1 atom stereocenters. The third-order valence-electron chi connectivity index (χ3n) is 5.09. The van der Waals surface area contributed by atoms with Crippen molar-refractivity contribution in [3.05, 3.63) is 71.8 Å². The Bertz CT molecular complexity index is 690. The van der Waals surface area contributed by atoms with Crippen LogP contribution in [-0.4, -0.2) is 48.2 Å². The fourth-order valence-electron chi connectivity index (χ4n) is 3.59. The zero-order valence-corrected chi connectivity index (χ0v) is 16.2. The van der Waals surface area contributed by atoms with Gasteiger partial charge in [0.25, 0.3) is 0 Å². The Morgan fingerprint density at radius 3 is 2.33 bits per heavy atom. The monoisotopic (exact) mass is 366 g/mol. The number of benzene rings is 2. The summed E-state index contributed by atoms with van der Waals surface area (Å²) < 4.78 is 5.51. The van der Waals surface area contributed by atoms with Gasteiger partial charge in [0.15, 0.2) is 0 Å². The van der Waals surface area contributed by atoms with Crippen LogP contribution in [0.15, 0.2) is 60.7 Å². The van der Waals surface area contributed by atoms with Gasteiger partial charge in [0.05, 0.1) is 12.6 Å². The van der Waals surface area contributed by atoms with Crippen molar-refractivity contribution >= 4 is 6.09 Å². The SMILES string of the molecule is CCCCOC(=O)N1CCN(Cc2ccccc2)C[C@@H]1Cc1ccccc1. The van der Waals surface area contributed by atoms with Crippen molar-refractivity contribution in [2.75, 3.05) is 26.2 Å². The number of unbranched alkanes of at least 4 members (excludes halogenated alkanes) is 1. The van der Waals surface area contributed by atoms with Gasteiger partial charge in [-0.1, -0.05) is 74.0 Å². The van der Waals surface area contributed by atoms with Gasteiger partial charge in [0.1, 0.15) is 0 Å². The Hall–Kier alpha value is -2.33. The highest BCUT2D eigenvalue weighted by Gasteiger charge is 2.31. The molecule has 0 radical (unpaired) electrons. The fraction of sp³-hybridized carbons (Fsp3) is 0.435. The Morgan fingerprint density at radius 1 is 1.00 bits per heavy atom. The lowest BCUT2D eigenvalue weighted by Crippen LogP contribution is -2.55. The maximum absolute atomic E-state index is 12.6. The fourth-order valence-corrected chi connectivity index (χ4v) is 3.59. The summed E-state index contributed by atoms with van der Waals surface area (Å²) in [4.78, 5) is 17.0. The predicted octanol–water partition coefficient (Wildman–Crippen LogP) is 4.35. The zero-order valence-electron chi connectivity index (χ0n) is 16.2. The molecule has 0 bridgehead atoms. The number of carbonyl (C=O) groups excluding carboxylic acids is 1. The summed E-state index contributed by atoms with van der Waals surface area (Å²) in [5.41, 5.74) is 2.57. The summed E-state index contributed by atoms with van der Waals surface area (Å²) >= 11 is 0. The van der Waals surface area contributed by atoms with Crippen LogP contribution in [0, 0.1) is 0 Å². The second-order valence-electron chi connectivity index (χ2n) is 7.23. The standard InChI is InChI=1S/C23H30N2O2/c1-2-3-16-27-23(26)25-15-14-24(18-21-12-8-5-9-13-21)19-22(25)17-20-10-6-4-7-11-20/h4-13,22H,2-3,14-19H2,1H3/t22-/m0/s1. The number of nitrogens with zero attached hydrogens (tertiary/aromatic N) is 2. The summed E-state index contributed by atoms with van der Waals surface area (Å²) in [6, 6.07) is 21.1. The van der Waals surface area contributed by atoms with E-state index in [-0.39, 0.29) is 12.1 Å². The summed E-state index contributed by atoms with van der Waals surface area (Å²) in [5.74, 6) is 0. The van der Waals surface area contributed by atoms with Gasteiger partial charge in [0.2, 0.25) is 0 Å². The highest BCUT2D eigenvalue weighted by Crippen LogP contribution is 2.18. The van der Waals surface area contributed by atoms with Gasteiger partial charge in [-0.25, -0.2) is 4.79 Å². The average Bonchev–Trinajstić information content (AvgIpc) is 2.70. The summed E-state index contributed by atoms with van der Waals surface area (Å²) in [6.45, 7) is 6.00. The van der Waals surface area contributed by atoms with E-state index in [4.69, 9.17) is 4.74 Å². The molecule has 2 aromatic carbocycles. The number of ether oxygens (including phenoxy) is 1. The van der Waals surface area contributed by atoms with Gasteiger partial charge in [-0.15, -0.1) is 0 Å². The quantitative estimate of drug-likeness (QED) is 0.683. The number of carbonyl (C=O) groups is 1. The smallest absolute Gasteiger partial charge is 0.410 e. The first kappa shape index (κ1) is 19.4. The summed E-state index contributed by atoms with van der Waals surface area (Å²) in [6.07, 6.45) is 2.65. The molecule has 0 aliphatic carbocycles. The van der Waals surface area contributed by atoms with Crippen LogP contribution >= 0.6 is 0 Å². The maximum Gasteiger partial charge on any atom is 0.410 e. The van der Waals surface area contributed by atoms with Crippen molar-refractivity contribution in [1.82, 2.24) is 9.80 Å². The molecule has 0 spiro atoms. The van der Waals surface area contributed by atoms with Gasteiger partial charge in [-0.2, -0.15) is 0 Å². The second kappa shape index (κ2) is 10.1. The molecule has 144 valence electrons. The summed E-state index contributed by atoms with van der Waals surface area (Å²) in [7, 11) is 0. The van der Waals surface area contributed by atoms with Crippen LogP contribution in [0.1, 0.15) is 30.9 Å². The molecule has 1 amide bonds. The van der Waals surface area contributed by atoms with E-state index in [9.17, 15) is 4.79 Å². The molecule has 0 unspecified atom stereocenters. The second-order valence-corrected chi connectivity index (χ2v) is 7.23. The molecule has 4 nitrogen and oxygen atoms in total. The highest BCUT2D eigenvalue weighted by atomic mass is 16.6. The van der Waals surface area contributed by atoms with Gasteiger partial charge in [0, 0.05) is 26.2 Å². The van der Waals surface area contributed by atoms with Crippen LogP contribution in [-0.2, 0) is 17.7 Å². The third-order valence-corrected chi connectivity index (χ3v) is 5.09. The first-order chi connectivity index (χ1) is 13.3. The van der Waals surface area contributed by atoms with E-state index in [1.807, 2.05) is 17.0 Å². The highest BCUT2D eigenvalue weighted by molar-refractivity contribution is 5.68. The van der Waals surface area contributed by atoms with E-state index >= 15 is 0 Å². The Morgan fingerprint density at radius 2 is 1.67 bits per heavy atom. The Balaban J connectivity index is 1.66. The van der Waals surface area contributed by atoms with Crippen molar-refractivity contribution < 1.29 is 9.53 Å². The molecular formula is C23H30N2O2. The average molecular weight is 367 g/mol. The topological polar surface area (TPSA) is 32.8 Å². The van der Waals surface area contributed by atoms with Crippen molar-refractivity contribution in [1.29, 1.82) is 0 Å². The van der Waals surface area contributed by atoms with Gasteiger partial charge in [-0.3, -0.25) is 4.90 Å². The minimum absolute atomic E-state index is 0.138. The number of amides is 1. The largest absolute Gasteiger partial charge is 0.449 e. The maximum atomic E-state index is 12.6. The molecule has 3 rings (SSSR count). The van der Waals surface area contributed by atoms with E-state index in [0.717, 1.165) is 45.4 Å². The molecule has 1 fully saturated rings. The number of hydrogen-bond acceptors (Lipinski definition) is 3. The molecule has 4 heteroatoms. The number of piperazine rings is 1. The number of hydrogen-bond donors (Lipinski definition) is 0. The van der Waals surface area contributed by atoms with Crippen LogP contribution < -0.4 is 0 Å². The van der Waals surface area contributed by atoms with Gasteiger partial charge < -0.3 is 9.64 Å². The molecular weight excluding hydrogens is 336 g/mol. The lowest BCUT2D eigenvalue weighted by Gasteiger charge is -2.41. The molecule has 1 saturated heterocycles. The van der Waals surface area contributed by atoms with Crippen LogP contribution in [0.4, 0.5) is 4.79 Å². The predicted molar refractivity (Wildman–Crippen MR) is 109 cm³/mol. The molecule has 1 heterocycles. The first-order valence-electron chi connectivity index (χ1n) is 10.00. The van der Waals surface area contributed by atoms with Crippen molar-refractivity contribution in [2.24, 2.45) is 0 Å². The molecule has 2 aromatic rings. The van der Waals surface area contributed by atoms with Crippen LogP contribution in [0.25, 0.3) is 0 Å². The van der Waals surface area contributed by atoms with E-state index in [0.29, 0.717) is 6.61 Å². The van der Waals surface area contributed by atoms with Crippen LogP contribution in [0.3, 0.4) is 0 Å². The third kappa shape index (κ3) is 5.83. The molecule has 1 aliphatic rings. The van der Waals surface area contributed by atoms with E-state index in [1.54, 1.807) is 0 Å². The van der Waals surface area contributed by atoms with Crippen LogP contribution in [0.2, 0.25) is 0 Å². The van der Waals surface area contributed by atoms with Crippen molar-refractivity contribution in [3.63, 3.8) is 0 Å². The van der Waals surface area contributed by atoms with Gasteiger partial charge in [-0.05, 0) is 24.0 Å². The Labute approximate surface area is 162 Å². The lowest BCUT2D eigenvalue weighted by molar-refractivity contribution is 0.0436. The first-order valence-corrected chi connectivity index (χ1v) is 10.00. The number of rotatable bonds is 7. The normalized spacial score (nSPS) is 17.7. The van der Waals surface area contributed by atoms with Crippen LogP contribution in [0.5, 0.6) is 0 Å². The molecule has 0 N–H and O–H groups in total. The minimum atomic E-state index is -0.163. The molecule has 27 heavy (non-hydrogen) atoms. The summed E-state index contributed by atoms with van der Waals surface area (Å²) in [5, 5.41) is 0. The van der Waals surface area contributed by atoms with E-state index in [2.05, 4.69) is 60.4 Å². The molecule has 0 saturated carbocycles. The van der Waals surface area contributed by atoms with Crippen molar-refractivity contribution in [2.45, 2.75) is 38.8 Å². The van der Waals surface area contributed by atoms with Crippen molar-refractivity contribution in [3.8, 4) is 0 Å². The van der Waals surface area contributed by atoms with Gasteiger partial charge >= 0.3 is 6.09 Å². The lowest BCUT2D eigenvalue weighted by atomic mass is 10.0. The minimum Gasteiger partial charge on any atom is -0.449 e. The zero-order chi connectivity index (χ0) is 18.9. The molecule has 1 aliphatic heterocycles. The van der Waals surface area contributed by atoms with E-state index < -0.39 is 0 Å². The molecule has 0 aromatic heterocycles.